The van der Waals surface area contributed by atoms with Gasteiger partial charge in [0.2, 0.25) is 0 Å². The van der Waals surface area contributed by atoms with Gasteiger partial charge in [0.1, 0.15) is 11.9 Å². The van der Waals surface area contributed by atoms with Crippen LogP contribution >= 0.6 is 0 Å². The number of halogens is 1. The number of hydrogen-bond donors (Lipinski definition) is 3. The van der Waals surface area contributed by atoms with Crippen molar-refractivity contribution in [3.63, 3.8) is 0 Å². The molecule has 0 saturated carbocycles. The lowest BCUT2D eigenvalue weighted by Crippen LogP contribution is -2.31. The lowest BCUT2D eigenvalue weighted by atomic mass is 10.0. The van der Waals surface area contributed by atoms with Gasteiger partial charge in [0.25, 0.3) is 5.91 Å². The highest BCUT2D eigenvalue weighted by Crippen LogP contribution is 2.22. The first kappa shape index (κ1) is 14.3. The predicted molar refractivity (Wildman–Crippen MR) is 71.1 cm³/mol. The number of carbonyl (C=O) groups excluding carboxylic acids is 1. The summed E-state index contributed by atoms with van der Waals surface area (Å²) >= 11 is 0. The van der Waals surface area contributed by atoms with Crippen LogP contribution in [0.2, 0.25) is 0 Å². The highest BCUT2D eigenvalue weighted by Gasteiger charge is 2.30. The number of amides is 1. The van der Waals surface area contributed by atoms with Gasteiger partial charge in [0.15, 0.2) is 5.84 Å². The van der Waals surface area contributed by atoms with E-state index in [1.807, 2.05) is 6.92 Å². The van der Waals surface area contributed by atoms with Crippen LogP contribution in [0.4, 0.5) is 10.1 Å². The number of ether oxygens (including phenoxy) is 1. The molecule has 1 aliphatic rings. The minimum atomic E-state index is -0.635. The molecule has 0 radical (unpaired) electrons. The highest BCUT2D eigenvalue weighted by atomic mass is 19.1. The van der Waals surface area contributed by atoms with Crippen LogP contribution in [0, 0.1) is 11.7 Å². The number of anilines is 1. The second kappa shape index (κ2) is 5.87. The van der Waals surface area contributed by atoms with E-state index in [0.717, 1.165) is 12.5 Å². The van der Waals surface area contributed by atoms with Crippen LogP contribution in [-0.2, 0) is 9.53 Å². The summed E-state index contributed by atoms with van der Waals surface area (Å²) in [4.78, 5) is 12.0. The fourth-order valence-electron chi connectivity index (χ4n) is 2.10. The summed E-state index contributed by atoms with van der Waals surface area (Å²) in [5, 5.41) is 14.0. The van der Waals surface area contributed by atoms with Crippen molar-refractivity contribution in [2.45, 2.75) is 19.4 Å². The van der Waals surface area contributed by atoms with Crippen molar-refractivity contribution in [1.29, 1.82) is 0 Å². The Morgan fingerprint density at radius 1 is 1.60 bits per heavy atom. The van der Waals surface area contributed by atoms with Crippen LogP contribution in [-0.4, -0.2) is 29.7 Å². The van der Waals surface area contributed by atoms with E-state index in [1.165, 1.54) is 12.1 Å². The Balaban J connectivity index is 2.16. The number of nitrogens with one attached hydrogen (secondary N) is 1. The second-order valence-corrected chi connectivity index (χ2v) is 4.73. The van der Waals surface area contributed by atoms with Gasteiger partial charge in [0.05, 0.1) is 5.56 Å². The van der Waals surface area contributed by atoms with Crippen molar-refractivity contribution >= 4 is 17.4 Å². The van der Waals surface area contributed by atoms with E-state index in [1.54, 1.807) is 0 Å². The molecule has 0 spiro atoms. The Bertz CT molecular complexity index is 548. The molecule has 2 atom stereocenters. The van der Waals surface area contributed by atoms with Gasteiger partial charge < -0.3 is 21.0 Å². The predicted octanol–water partition coefficient (Wildman–Crippen LogP) is 1.28. The Hall–Kier alpha value is -2.15. The Morgan fingerprint density at radius 3 is 2.95 bits per heavy atom. The van der Waals surface area contributed by atoms with Gasteiger partial charge in [-0.05, 0) is 30.5 Å². The summed E-state index contributed by atoms with van der Waals surface area (Å²) in [5.74, 6) is -1.14. The highest BCUT2D eigenvalue weighted by molar-refractivity contribution is 6.00. The monoisotopic (exact) mass is 281 g/mol. The minimum absolute atomic E-state index is 0.0781. The van der Waals surface area contributed by atoms with Gasteiger partial charge in [-0.15, -0.1) is 0 Å². The molecule has 1 fully saturated rings. The first-order valence-corrected chi connectivity index (χ1v) is 6.23. The number of benzene rings is 1. The molecule has 4 N–H and O–H groups in total. The molecule has 1 amide bonds. The molecular weight excluding hydrogens is 265 g/mol. The summed E-state index contributed by atoms with van der Waals surface area (Å²) in [7, 11) is 0. The zero-order valence-corrected chi connectivity index (χ0v) is 11.0. The fraction of sp³-hybridized carbons (Fsp3) is 0.385. The van der Waals surface area contributed by atoms with Crippen molar-refractivity contribution in [3.8, 4) is 0 Å². The zero-order valence-electron chi connectivity index (χ0n) is 11.0. The molecule has 6 nitrogen and oxygen atoms in total. The van der Waals surface area contributed by atoms with Crippen LogP contribution in [0.3, 0.4) is 0 Å². The summed E-state index contributed by atoms with van der Waals surface area (Å²) in [6.45, 7) is 2.49. The van der Waals surface area contributed by atoms with E-state index < -0.39 is 11.9 Å². The Labute approximate surface area is 115 Å². The van der Waals surface area contributed by atoms with E-state index in [2.05, 4.69) is 10.5 Å². The molecule has 1 saturated heterocycles. The summed E-state index contributed by atoms with van der Waals surface area (Å²) in [6, 6.07) is 3.85. The van der Waals surface area contributed by atoms with E-state index in [0.29, 0.717) is 12.3 Å². The smallest absolute Gasteiger partial charge is 0.253 e. The molecule has 1 aliphatic heterocycles. The number of rotatable bonds is 3. The van der Waals surface area contributed by atoms with E-state index >= 15 is 0 Å². The molecule has 1 heterocycles. The molecule has 7 heteroatoms. The quantitative estimate of drug-likeness (QED) is 0.336. The minimum Gasteiger partial charge on any atom is -0.409 e. The lowest BCUT2D eigenvalue weighted by molar-refractivity contribution is -0.126. The van der Waals surface area contributed by atoms with E-state index in [9.17, 15) is 9.18 Å². The summed E-state index contributed by atoms with van der Waals surface area (Å²) in [6.07, 6.45) is 0.323. The molecule has 0 aliphatic carbocycles. The SMILES string of the molecule is CC1CCOC1C(=O)Nc1ccc(F)c(/C(N)=N/O)c1. The molecule has 0 aromatic heterocycles. The fourth-order valence-corrected chi connectivity index (χ4v) is 2.10. The summed E-state index contributed by atoms with van der Waals surface area (Å²) in [5.41, 5.74) is 5.65. The molecule has 0 bridgehead atoms. The van der Waals surface area contributed by atoms with E-state index in [4.69, 9.17) is 15.7 Å². The number of amidine groups is 1. The normalized spacial score (nSPS) is 22.8. The largest absolute Gasteiger partial charge is 0.409 e. The van der Waals surface area contributed by atoms with Crippen LogP contribution < -0.4 is 11.1 Å². The van der Waals surface area contributed by atoms with Crippen molar-refractivity contribution in [2.24, 2.45) is 16.8 Å². The average molecular weight is 281 g/mol. The molecule has 20 heavy (non-hydrogen) atoms. The number of nitrogens with zero attached hydrogens (tertiary/aromatic N) is 1. The van der Waals surface area contributed by atoms with Gasteiger partial charge >= 0.3 is 0 Å². The zero-order chi connectivity index (χ0) is 14.7. The molecule has 2 rings (SSSR count). The maximum Gasteiger partial charge on any atom is 0.253 e. The van der Waals surface area contributed by atoms with Gasteiger partial charge in [-0.1, -0.05) is 12.1 Å². The lowest BCUT2D eigenvalue weighted by Gasteiger charge is -2.15. The van der Waals surface area contributed by atoms with E-state index in [-0.39, 0.29) is 23.2 Å². The van der Waals surface area contributed by atoms with Gasteiger partial charge in [0, 0.05) is 12.3 Å². The average Bonchev–Trinajstić information content (AvgIpc) is 2.86. The number of hydrogen-bond acceptors (Lipinski definition) is 4. The van der Waals surface area contributed by atoms with Crippen molar-refractivity contribution in [2.75, 3.05) is 11.9 Å². The van der Waals surface area contributed by atoms with Crippen molar-refractivity contribution in [1.82, 2.24) is 0 Å². The van der Waals surface area contributed by atoms with Crippen LogP contribution in [0.5, 0.6) is 0 Å². The topological polar surface area (TPSA) is 96.9 Å². The standard InChI is InChI=1S/C13H16FN3O3/c1-7-4-5-20-11(7)13(18)16-8-2-3-10(14)9(6-8)12(15)17-19/h2-3,6-7,11,19H,4-5H2,1H3,(H2,15,17)(H,16,18). The molecule has 108 valence electrons. The Kier molecular flexibility index (Phi) is 4.19. The van der Waals surface area contributed by atoms with Crippen LogP contribution in [0.25, 0.3) is 0 Å². The molecule has 1 aromatic carbocycles. The number of carbonyl (C=O) groups is 1. The first-order valence-electron chi connectivity index (χ1n) is 6.23. The van der Waals surface area contributed by atoms with Crippen molar-refractivity contribution < 1.29 is 19.1 Å². The van der Waals surface area contributed by atoms with Crippen LogP contribution in [0.15, 0.2) is 23.4 Å². The molecule has 1 aromatic rings. The second-order valence-electron chi connectivity index (χ2n) is 4.73. The van der Waals surface area contributed by atoms with Crippen LogP contribution in [0.1, 0.15) is 18.9 Å². The third kappa shape index (κ3) is 2.88. The molecular formula is C13H16FN3O3. The third-order valence-corrected chi connectivity index (χ3v) is 3.26. The van der Waals surface area contributed by atoms with Crippen molar-refractivity contribution in [3.05, 3.63) is 29.6 Å². The van der Waals surface area contributed by atoms with Gasteiger partial charge in [-0.2, -0.15) is 0 Å². The summed E-state index contributed by atoms with van der Waals surface area (Å²) < 4.78 is 18.8. The van der Waals surface area contributed by atoms with Gasteiger partial charge in [-0.25, -0.2) is 4.39 Å². The Morgan fingerprint density at radius 2 is 2.35 bits per heavy atom. The third-order valence-electron chi connectivity index (χ3n) is 3.26. The first-order chi connectivity index (χ1) is 9.52. The number of nitrogens with two attached hydrogens (primary N) is 1. The maximum absolute atomic E-state index is 13.5. The van der Waals surface area contributed by atoms with Gasteiger partial charge in [-0.3, -0.25) is 4.79 Å². The maximum atomic E-state index is 13.5. The molecule has 2 unspecified atom stereocenters. The number of oxime groups is 1.